The molecule has 4 aromatic rings. The number of hydrogen-bond donors (Lipinski definition) is 1. The maximum Gasteiger partial charge on any atom is 0.321 e. The molecule has 2 aromatic carbocycles. The summed E-state index contributed by atoms with van der Waals surface area (Å²) in [4.78, 5) is 22.2. The number of nitrogens with one attached hydrogen (secondary N) is 1. The second-order valence-electron chi connectivity index (χ2n) is 7.96. The topological polar surface area (TPSA) is 52.9 Å². The van der Waals surface area contributed by atoms with Crippen molar-refractivity contribution >= 4 is 34.1 Å². The lowest BCUT2D eigenvalue weighted by Crippen LogP contribution is -2.38. The van der Waals surface area contributed by atoms with Gasteiger partial charge in [-0.1, -0.05) is 37.3 Å². The minimum Gasteiger partial charge on any atom is -0.353 e. The number of hydrogen-bond acceptors (Lipinski definition) is 3. The van der Waals surface area contributed by atoms with E-state index in [0.717, 1.165) is 66.1 Å². The first-order valence-electron chi connectivity index (χ1n) is 11.0. The van der Waals surface area contributed by atoms with Gasteiger partial charge in [-0.15, -0.1) is 0 Å². The van der Waals surface area contributed by atoms with Crippen LogP contribution in [0.25, 0.3) is 16.6 Å². The zero-order valence-corrected chi connectivity index (χ0v) is 17.8. The van der Waals surface area contributed by atoms with Gasteiger partial charge in [0, 0.05) is 38.1 Å². The average Bonchev–Trinajstić information content (AvgIpc) is 3.17. The largest absolute Gasteiger partial charge is 0.353 e. The molecule has 6 heteroatoms. The predicted molar refractivity (Wildman–Crippen MR) is 126 cm³/mol. The fraction of sp³-hybridized carbons (Fsp3) is 0.280. The summed E-state index contributed by atoms with van der Waals surface area (Å²) in [5, 5.41) is 3.11. The molecule has 0 aliphatic carbocycles. The van der Waals surface area contributed by atoms with Gasteiger partial charge in [0.25, 0.3) is 0 Å². The van der Waals surface area contributed by atoms with E-state index < -0.39 is 0 Å². The number of amides is 2. The van der Waals surface area contributed by atoms with Gasteiger partial charge in [-0.3, -0.25) is 0 Å². The number of rotatable bonds is 3. The van der Waals surface area contributed by atoms with Crippen LogP contribution in [-0.4, -0.2) is 46.5 Å². The molecule has 0 unspecified atom stereocenters. The maximum atomic E-state index is 13.0. The third kappa shape index (κ3) is 3.69. The second-order valence-corrected chi connectivity index (χ2v) is 7.96. The summed E-state index contributed by atoms with van der Waals surface area (Å²) >= 11 is 0. The van der Waals surface area contributed by atoms with Crippen LogP contribution < -0.4 is 10.2 Å². The van der Waals surface area contributed by atoms with Crippen molar-refractivity contribution in [3.8, 4) is 0 Å². The highest BCUT2D eigenvalue weighted by Gasteiger charge is 2.22. The molecule has 158 valence electrons. The SMILES string of the molecule is CCc1ccccc1NC(=O)N1CCCN(c2nc3ccccc3n3cccc23)CC1. The molecule has 31 heavy (non-hydrogen) atoms. The van der Waals surface area contributed by atoms with Gasteiger partial charge in [-0.05, 0) is 48.7 Å². The molecule has 1 aliphatic rings. The van der Waals surface area contributed by atoms with Gasteiger partial charge in [-0.25, -0.2) is 9.78 Å². The van der Waals surface area contributed by atoms with Gasteiger partial charge in [0.05, 0.1) is 16.6 Å². The van der Waals surface area contributed by atoms with Gasteiger partial charge in [0.2, 0.25) is 0 Å². The lowest BCUT2D eigenvalue weighted by molar-refractivity contribution is 0.215. The van der Waals surface area contributed by atoms with E-state index in [9.17, 15) is 4.79 Å². The molecular weight excluding hydrogens is 386 g/mol. The van der Waals surface area contributed by atoms with Crippen molar-refractivity contribution in [3.05, 3.63) is 72.4 Å². The Morgan fingerprint density at radius 2 is 1.74 bits per heavy atom. The van der Waals surface area contributed by atoms with Crippen molar-refractivity contribution in [1.29, 1.82) is 0 Å². The third-order valence-electron chi connectivity index (χ3n) is 6.07. The van der Waals surface area contributed by atoms with Crippen LogP contribution in [0, 0.1) is 0 Å². The molecule has 0 saturated carbocycles. The molecule has 1 N–H and O–H groups in total. The van der Waals surface area contributed by atoms with E-state index in [1.807, 2.05) is 35.2 Å². The summed E-state index contributed by atoms with van der Waals surface area (Å²) in [6.45, 7) is 5.15. The minimum atomic E-state index is -0.0259. The van der Waals surface area contributed by atoms with Crippen LogP contribution in [-0.2, 0) is 6.42 Å². The van der Waals surface area contributed by atoms with E-state index in [1.165, 1.54) is 0 Å². The zero-order valence-electron chi connectivity index (χ0n) is 17.8. The number of carbonyl (C=O) groups excluding carboxylic acids is 1. The summed E-state index contributed by atoms with van der Waals surface area (Å²) in [5.41, 5.74) is 5.26. The van der Waals surface area contributed by atoms with E-state index >= 15 is 0 Å². The molecule has 0 bridgehead atoms. The first kappa shape index (κ1) is 19.4. The highest BCUT2D eigenvalue weighted by Crippen LogP contribution is 2.26. The summed E-state index contributed by atoms with van der Waals surface area (Å²) in [7, 11) is 0. The third-order valence-corrected chi connectivity index (χ3v) is 6.07. The zero-order chi connectivity index (χ0) is 21.2. The summed E-state index contributed by atoms with van der Waals surface area (Å²) in [5.74, 6) is 0.988. The summed E-state index contributed by atoms with van der Waals surface area (Å²) in [6.07, 6.45) is 3.89. The standard InChI is InChI=1S/C25H27N5O/c1-2-19-9-3-4-10-20(19)27-25(31)29-15-8-14-28(17-18-29)24-23-13-7-16-30(23)22-12-6-5-11-21(22)26-24/h3-7,9-13,16H,2,8,14-15,17-18H2,1H3,(H,27,31). The number of anilines is 2. The average molecular weight is 414 g/mol. The van der Waals surface area contributed by atoms with E-state index in [1.54, 1.807) is 0 Å². The van der Waals surface area contributed by atoms with Crippen molar-refractivity contribution < 1.29 is 4.79 Å². The number of urea groups is 1. The molecule has 2 amide bonds. The van der Waals surface area contributed by atoms with Gasteiger partial charge in [0.1, 0.15) is 0 Å². The van der Waals surface area contributed by atoms with E-state index in [0.29, 0.717) is 6.54 Å². The van der Waals surface area contributed by atoms with Crippen molar-refractivity contribution in [3.63, 3.8) is 0 Å². The quantitative estimate of drug-likeness (QED) is 0.525. The van der Waals surface area contributed by atoms with E-state index in [-0.39, 0.29) is 6.03 Å². The second kappa shape index (κ2) is 8.30. The Hall–Kier alpha value is -3.54. The Morgan fingerprint density at radius 3 is 2.65 bits per heavy atom. The van der Waals surface area contributed by atoms with Crippen LogP contribution in [0.5, 0.6) is 0 Å². The molecular formula is C25H27N5O. The Balaban J connectivity index is 1.36. The monoisotopic (exact) mass is 413 g/mol. The first-order chi connectivity index (χ1) is 15.2. The molecule has 1 saturated heterocycles. The molecule has 0 atom stereocenters. The summed E-state index contributed by atoms with van der Waals surface area (Å²) in [6, 6.07) is 20.4. The smallest absolute Gasteiger partial charge is 0.321 e. The predicted octanol–water partition coefficient (Wildman–Crippen LogP) is 4.79. The van der Waals surface area contributed by atoms with Gasteiger partial charge >= 0.3 is 6.03 Å². The molecule has 2 aromatic heterocycles. The number of aromatic nitrogens is 2. The molecule has 1 fully saturated rings. The minimum absolute atomic E-state index is 0.0259. The van der Waals surface area contributed by atoms with Crippen molar-refractivity contribution in [2.45, 2.75) is 19.8 Å². The Bertz CT molecular complexity index is 1230. The van der Waals surface area contributed by atoms with Crippen LogP contribution in [0.3, 0.4) is 0 Å². The number of para-hydroxylation sites is 3. The Morgan fingerprint density at radius 1 is 0.935 bits per heavy atom. The molecule has 0 spiro atoms. The highest BCUT2D eigenvalue weighted by atomic mass is 16.2. The van der Waals surface area contributed by atoms with Crippen LogP contribution in [0.4, 0.5) is 16.3 Å². The molecule has 0 radical (unpaired) electrons. The molecule has 6 nitrogen and oxygen atoms in total. The van der Waals surface area contributed by atoms with Crippen LogP contribution in [0.1, 0.15) is 18.9 Å². The lowest BCUT2D eigenvalue weighted by Gasteiger charge is -2.24. The fourth-order valence-electron chi connectivity index (χ4n) is 4.42. The molecule has 1 aliphatic heterocycles. The summed E-state index contributed by atoms with van der Waals surface area (Å²) < 4.78 is 2.20. The lowest BCUT2D eigenvalue weighted by atomic mass is 10.1. The number of benzene rings is 2. The number of aryl methyl sites for hydroxylation is 1. The van der Waals surface area contributed by atoms with Crippen molar-refractivity contribution in [1.82, 2.24) is 14.3 Å². The maximum absolute atomic E-state index is 13.0. The highest BCUT2D eigenvalue weighted by molar-refractivity contribution is 5.90. The van der Waals surface area contributed by atoms with Gasteiger partial charge in [0.15, 0.2) is 5.82 Å². The van der Waals surface area contributed by atoms with E-state index in [4.69, 9.17) is 4.98 Å². The van der Waals surface area contributed by atoms with Crippen molar-refractivity contribution in [2.75, 3.05) is 36.4 Å². The number of fused-ring (bicyclic) bond motifs is 3. The number of carbonyl (C=O) groups is 1. The Kier molecular flexibility index (Phi) is 5.20. The number of nitrogens with zero attached hydrogens (tertiary/aromatic N) is 4. The van der Waals surface area contributed by atoms with E-state index in [2.05, 4.69) is 58.1 Å². The van der Waals surface area contributed by atoms with Crippen LogP contribution in [0.2, 0.25) is 0 Å². The molecule has 5 rings (SSSR count). The fourth-order valence-corrected chi connectivity index (χ4v) is 4.42. The normalized spacial score (nSPS) is 14.7. The van der Waals surface area contributed by atoms with Gasteiger partial charge in [-0.2, -0.15) is 0 Å². The van der Waals surface area contributed by atoms with Crippen LogP contribution in [0.15, 0.2) is 66.9 Å². The Labute approximate surface area is 182 Å². The van der Waals surface area contributed by atoms with Crippen LogP contribution >= 0.6 is 0 Å². The first-order valence-corrected chi connectivity index (χ1v) is 11.0. The van der Waals surface area contributed by atoms with Crippen molar-refractivity contribution in [2.24, 2.45) is 0 Å². The molecule has 3 heterocycles. The van der Waals surface area contributed by atoms with Gasteiger partial charge < -0.3 is 19.5 Å².